The smallest absolute Gasteiger partial charge is 0.212 e. The average molecular weight is 135 g/mol. The maximum Gasteiger partial charge on any atom is 0.212 e. The van der Waals surface area contributed by atoms with Gasteiger partial charge in [0.2, 0.25) is 5.95 Å². The topological polar surface area (TPSA) is 12.9 Å². The molecule has 1 aromatic rings. The van der Waals surface area contributed by atoms with Gasteiger partial charge in [0.15, 0.2) is 0 Å². The number of aromatic nitrogens is 1. The van der Waals surface area contributed by atoms with Gasteiger partial charge < -0.3 is 0 Å². The second-order valence-corrected chi connectivity index (χ2v) is 1.74. The Bertz CT molecular complexity index is 266. The first-order valence-electron chi connectivity index (χ1n) is 2.87. The quantitative estimate of drug-likeness (QED) is 0.389. The predicted octanol–water partition coefficient (Wildman–Crippen LogP) is 1.59. The third kappa shape index (κ3) is 1.56. The normalized spacial score (nSPS) is 8.20. The second kappa shape index (κ2) is 2.98. The van der Waals surface area contributed by atoms with Gasteiger partial charge >= 0.3 is 0 Å². The molecular formula is C8H6FN. The maximum atomic E-state index is 12.2. The summed E-state index contributed by atoms with van der Waals surface area (Å²) >= 11 is 0. The molecule has 0 radical (unpaired) electrons. The summed E-state index contributed by atoms with van der Waals surface area (Å²) in [5.41, 5.74) is 0.740. The van der Waals surface area contributed by atoms with Gasteiger partial charge in [-0.2, -0.15) is 4.39 Å². The van der Waals surface area contributed by atoms with Crippen LogP contribution in [0.5, 0.6) is 0 Å². The standard InChI is InChI=1S/C8H6FN/c1-2-3-7-4-5-8(9)10-6-7/h4-6H,1H3. The van der Waals surface area contributed by atoms with E-state index < -0.39 is 5.95 Å². The van der Waals surface area contributed by atoms with E-state index in [0.717, 1.165) is 5.56 Å². The molecule has 10 heavy (non-hydrogen) atoms. The van der Waals surface area contributed by atoms with E-state index in [0.29, 0.717) is 0 Å². The highest BCUT2D eigenvalue weighted by Gasteiger charge is 1.88. The molecule has 1 nitrogen and oxygen atoms in total. The van der Waals surface area contributed by atoms with E-state index in [-0.39, 0.29) is 0 Å². The summed E-state index contributed by atoms with van der Waals surface area (Å²) in [4.78, 5) is 3.43. The van der Waals surface area contributed by atoms with E-state index in [1.165, 1.54) is 12.3 Å². The molecule has 0 N–H and O–H groups in total. The number of hydrogen-bond donors (Lipinski definition) is 0. The molecule has 0 spiro atoms. The molecule has 0 fully saturated rings. The molecule has 0 saturated carbocycles. The van der Waals surface area contributed by atoms with Crippen molar-refractivity contribution in [3.05, 3.63) is 29.8 Å². The third-order valence-electron chi connectivity index (χ3n) is 0.997. The predicted molar refractivity (Wildman–Crippen MR) is 36.7 cm³/mol. The van der Waals surface area contributed by atoms with Crippen LogP contribution in [0.25, 0.3) is 0 Å². The molecule has 1 rings (SSSR count). The van der Waals surface area contributed by atoms with Crippen LogP contribution < -0.4 is 0 Å². The highest BCUT2D eigenvalue weighted by Crippen LogP contribution is 1.95. The number of pyridine rings is 1. The van der Waals surface area contributed by atoms with Crippen LogP contribution in [0, 0.1) is 17.8 Å². The number of hydrogen-bond acceptors (Lipinski definition) is 1. The highest BCUT2D eigenvalue weighted by atomic mass is 19.1. The Morgan fingerprint density at radius 2 is 2.30 bits per heavy atom. The van der Waals surface area contributed by atoms with Crippen LogP contribution >= 0.6 is 0 Å². The van der Waals surface area contributed by atoms with E-state index in [1.807, 2.05) is 0 Å². The number of halogens is 1. The van der Waals surface area contributed by atoms with Gasteiger partial charge in [0.05, 0.1) is 0 Å². The number of nitrogens with zero attached hydrogens (tertiary/aromatic N) is 1. The summed E-state index contributed by atoms with van der Waals surface area (Å²) in [7, 11) is 0. The molecule has 2 heteroatoms. The van der Waals surface area contributed by atoms with Crippen LogP contribution in [0.4, 0.5) is 4.39 Å². The first kappa shape index (κ1) is 6.76. The van der Waals surface area contributed by atoms with Gasteiger partial charge in [0, 0.05) is 11.8 Å². The first-order chi connectivity index (χ1) is 4.83. The van der Waals surface area contributed by atoms with E-state index in [1.54, 1.807) is 13.0 Å². The van der Waals surface area contributed by atoms with Gasteiger partial charge in [-0.1, -0.05) is 5.92 Å². The van der Waals surface area contributed by atoms with Gasteiger partial charge in [-0.15, -0.1) is 5.92 Å². The Balaban J connectivity index is 2.97. The summed E-state index contributed by atoms with van der Waals surface area (Å²) < 4.78 is 12.2. The number of rotatable bonds is 0. The molecule has 50 valence electrons. The molecular weight excluding hydrogens is 129 g/mol. The van der Waals surface area contributed by atoms with Gasteiger partial charge in [-0.05, 0) is 19.1 Å². The molecule has 0 amide bonds. The van der Waals surface area contributed by atoms with Crippen molar-refractivity contribution in [1.29, 1.82) is 0 Å². The van der Waals surface area contributed by atoms with E-state index in [9.17, 15) is 4.39 Å². The molecule has 0 aliphatic rings. The zero-order chi connectivity index (χ0) is 7.40. The third-order valence-corrected chi connectivity index (χ3v) is 0.997. The van der Waals surface area contributed by atoms with Crippen molar-refractivity contribution in [2.24, 2.45) is 0 Å². The fourth-order valence-electron chi connectivity index (χ4n) is 0.594. The Hall–Kier alpha value is -1.36. The van der Waals surface area contributed by atoms with E-state index in [2.05, 4.69) is 16.8 Å². The van der Waals surface area contributed by atoms with E-state index in [4.69, 9.17) is 0 Å². The SMILES string of the molecule is CC#Cc1ccc(F)nc1. The van der Waals surface area contributed by atoms with Gasteiger partial charge in [-0.3, -0.25) is 0 Å². The Kier molecular flexibility index (Phi) is 2.01. The van der Waals surface area contributed by atoms with Crippen molar-refractivity contribution in [2.45, 2.75) is 6.92 Å². The lowest BCUT2D eigenvalue weighted by Crippen LogP contribution is -1.81. The molecule has 0 saturated heterocycles. The highest BCUT2D eigenvalue weighted by molar-refractivity contribution is 5.30. The Labute approximate surface area is 58.9 Å². The molecule has 0 unspecified atom stereocenters. The lowest BCUT2D eigenvalue weighted by atomic mass is 10.3. The molecule has 0 aliphatic heterocycles. The van der Waals surface area contributed by atoms with Crippen molar-refractivity contribution < 1.29 is 4.39 Å². The molecule has 1 aromatic heterocycles. The fraction of sp³-hybridized carbons (Fsp3) is 0.125. The van der Waals surface area contributed by atoms with Crippen LogP contribution in [0.1, 0.15) is 12.5 Å². The van der Waals surface area contributed by atoms with Crippen molar-refractivity contribution in [2.75, 3.05) is 0 Å². The van der Waals surface area contributed by atoms with Crippen molar-refractivity contribution in [3.8, 4) is 11.8 Å². The summed E-state index contributed by atoms with van der Waals surface area (Å²) in [6, 6.07) is 2.89. The van der Waals surface area contributed by atoms with Gasteiger partial charge in [-0.25, -0.2) is 4.98 Å². The minimum absolute atomic E-state index is 0.471. The second-order valence-electron chi connectivity index (χ2n) is 1.74. The lowest BCUT2D eigenvalue weighted by Gasteiger charge is -1.86. The maximum absolute atomic E-state index is 12.2. The Morgan fingerprint density at radius 3 is 2.80 bits per heavy atom. The van der Waals surface area contributed by atoms with Crippen molar-refractivity contribution >= 4 is 0 Å². The zero-order valence-corrected chi connectivity index (χ0v) is 5.56. The lowest BCUT2D eigenvalue weighted by molar-refractivity contribution is 0.583. The van der Waals surface area contributed by atoms with Crippen LogP contribution in [-0.2, 0) is 0 Å². The van der Waals surface area contributed by atoms with Crippen LogP contribution in [0.15, 0.2) is 18.3 Å². The minimum Gasteiger partial charge on any atom is -0.227 e. The average Bonchev–Trinajstić information content (AvgIpc) is 1.95. The van der Waals surface area contributed by atoms with Crippen LogP contribution in [0.2, 0.25) is 0 Å². The van der Waals surface area contributed by atoms with Gasteiger partial charge in [0.25, 0.3) is 0 Å². The molecule has 0 atom stereocenters. The van der Waals surface area contributed by atoms with Crippen LogP contribution in [0.3, 0.4) is 0 Å². The van der Waals surface area contributed by atoms with Crippen molar-refractivity contribution in [3.63, 3.8) is 0 Å². The largest absolute Gasteiger partial charge is 0.227 e. The van der Waals surface area contributed by atoms with Gasteiger partial charge in [0.1, 0.15) is 0 Å². The first-order valence-corrected chi connectivity index (χ1v) is 2.87. The summed E-state index contributed by atoms with van der Waals surface area (Å²) in [6.45, 7) is 1.73. The van der Waals surface area contributed by atoms with E-state index >= 15 is 0 Å². The molecule has 1 heterocycles. The molecule has 0 aliphatic carbocycles. The summed E-state index contributed by atoms with van der Waals surface area (Å²) in [5, 5.41) is 0. The molecule has 0 aromatic carbocycles. The summed E-state index contributed by atoms with van der Waals surface area (Å²) in [6.07, 6.45) is 1.41. The fourth-order valence-corrected chi connectivity index (χ4v) is 0.594. The monoisotopic (exact) mass is 135 g/mol. The van der Waals surface area contributed by atoms with Crippen molar-refractivity contribution in [1.82, 2.24) is 4.98 Å². The minimum atomic E-state index is -0.471. The van der Waals surface area contributed by atoms with Crippen LogP contribution in [-0.4, -0.2) is 4.98 Å². The molecule has 0 bridgehead atoms. The summed E-state index contributed by atoms with van der Waals surface area (Å²) in [5.74, 6) is 4.98. The zero-order valence-electron chi connectivity index (χ0n) is 5.56. The Morgan fingerprint density at radius 1 is 1.50 bits per heavy atom.